The molecule has 0 bridgehead atoms. The fourth-order valence-electron chi connectivity index (χ4n) is 2.38. The van der Waals surface area contributed by atoms with Crippen molar-refractivity contribution in [3.8, 4) is 11.5 Å². The van der Waals surface area contributed by atoms with Crippen LogP contribution in [0.1, 0.15) is 35.2 Å². The Morgan fingerprint density at radius 1 is 1.12 bits per heavy atom. The Morgan fingerprint density at radius 2 is 1.75 bits per heavy atom. The van der Waals surface area contributed by atoms with E-state index in [1.54, 1.807) is 19.1 Å². The van der Waals surface area contributed by atoms with Gasteiger partial charge in [0.1, 0.15) is 11.5 Å². The summed E-state index contributed by atoms with van der Waals surface area (Å²) in [7, 11) is -4.61. The van der Waals surface area contributed by atoms with Crippen LogP contribution >= 0.6 is 7.75 Å². The van der Waals surface area contributed by atoms with Gasteiger partial charge in [0, 0.05) is 6.42 Å². The molecule has 0 fully saturated rings. The fraction of sp³-hybridized carbons (Fsp3) is 0.188. The molecule has 0 radical (unpaired) electrons. The Hall–Kier alpha value is -2.34. The Balaban J connectivity index is 2.26. The van der Waals surface area contributed by atoms with E-state index in [-0.39, 0.29) is 35.1 Å². The average molecular weight is 351 g/mol. The lowest BCUT2D eigenvalue weighted by Crippen LogP contribution is -2.09. The van der Waals surface area contributed by atoms with E-state index < -0.39 is 13.5 Å². The second-order valence-electron chi connectivity index (χ2n) is 5.48. The van der Waals surface area contributed by atoms with Crippen molar-refractivity contribution in [1.82, 2.24) is 0 Å². The average Bonchev–Trinajstić information content (AvgIpc) is 2.46. The van der Waals surface area contributed by atoms with Gasteiger partial charge >= 0.3 is 7.75 Å². The summed E-state index contributed by atoms with van der Waals surface area (Å²) in [5, 5.41) is 21.2. The van der Waals surface area contributed by atoms with Crippen LogP contribution in [0.5, 0.6) is 11.5 Å². The molecule has 2 aromatic rings. The van der Waals surface area contributed by atoms with Gasteiger partial charge in [-0.05, 0) is 35.7 Å². The standard InChI is InChI=1S/C16H18NO6P/c1-10(11-5-7-12(18)8-6-11)9-15(20)16-13(17-24(21,22)23)3-2-4-14(16)19/h2-8,10,18-19H,9H2,1H3,(H3,17,21,22,23). The fourth-order valence-corrected chi connectivity index (χ4v) is 2.88. The van der Waals surface area contributed by atoms with Crippen LogP contribution < -0.4 is 5.09 Å². The first kappa shape index (κ1) is 18.0. The molecule has 0 aliphatic heterocycles. The van der Waals surface area contributed by atoms with Gasteiger partial charge in [0.2, 0.25) is 0 Å². The summed E-state index contributed by atoms with van der Waals surface area (Å²) >= 11 is 0. The Bertz CT molecular complexity index is 784. The molecule has 128 valence electrons. The van der Waals surface area contributed by atoms with Gasteiger partial charge in [-0.15, -0.1) is 0 Å². The second kappa shape index (κ2) is 7.05. The van der Waals surface area contributed by atoms with Crippen LogP contribution in [0.2, 0.25) is 0 Å². The van der Waals surface area contributed by atoms with Crippen LogP contribution in [0, 0.1) is 0 Å². The molecule has 7 nitrogen and oxygen atoms in total. The Morgan fingerprint density at radius 3 is 2.33 bits per heavy atom. The van der Waals surface area contributed by atoms with E-state index in [1.807, 2.05) is 5.09 Å². The molecule has 5 N–H and O–H groups in total. The number of hydrogen-bond donors (Lipinski definition) is 5. The number of phenolic OH excluding ortho intramolecular Hbond substituents is 2. The van der Waals surface area contributed by atoms with Gasteiger partial charge in [-0.2, -0.15) is 0 Å². The topological polar surface area (TPSA) is 127 Å². The summed E-state index contributed by atoms with van der Waals surface area (Å²) in [5.74, 6) is -0.896. The van der Waals surface area contributed by atoms with Crippen LogP contribution in [-0.4, -0.2) is 25.8 Å². The van der Waals surface area contributed by atoms with Crippen molar-refractivity contribution in [3.63, 3.8) is 0 Å². The largest absolute Gasteiger partial charge is 0.508 e. The molecule has 0 saturated heterocycles. The summed E-state index contributed by atoms with van der Waals surface area (Å²) in [5.41, 5.74) is 0.541. The highest BCUT2D eigenvalue weighted by atomic mass is 31.2. The zero-order valence-electron chi connectivity index (χ0n) is 12.9. The van der Waals surface area contributed by atoms with Crippen molar-refractivity contribution in [3.05, 3.63) is 53.6 Å². The van der Waals surface area contributed by atoms with Gasteiger partial charge in [0.25, 0.3) is 0 Å². The number of benzene rings is 2. The maximum absolute atomic E-state index is 12.5. The number of phenols is 2. The lowest BCUT2D eigenvalue weighted by Gasteiger charge is -2.16. The molecule has 0 aliphatic rings. The zero-order valence-corrected chi connectivity index (χ0v) is 13.8. The molecule has 0 aromatic heterocycles. The highest BCUT2D eigenvalue weighted by Crippen LogP contribution is 2.39. The maximum atomic E-state index is 12.5. The Kier molecular flexibility index (Phi) is 5.29. The molecular weight excluding hydrogens is 333 g/mol. The third-order valence-electron chi connectivity index (χ3n) is 3.54. The van der Waals surface area contributed by atoms with E-state index in [1.165, 1.54) is 30.3 Å². The minimum atomic E-state index is -4.61. The SMILES string of the molecule is CC(CC(=O)c1c(O)cccc1NP(=O)(O)O)c1ccc(O)cc1. The molecule has 0 spiro atoms. The van der Waals surface area contributed by atoms with Crippen LogP contribution in [-0.2, 0) is 4.57 Å². The van der Waals surface area contributed by atoms with Gasteiger partial charge in [-0.1, -0.05) is 25.1 Å². The third kappa shape index (κ3) is 4.58. The highest BCUT2D eigenvalue weighted by Gasteiger charge is 2.23. The minimum absolute atomic E-state index is 0.0260. The predicted molar refractivity (Wildman–Crippen MR) is 89.2 cm³/mol. The number of nitrogens with one attached hydrogen (secondary N) is 1. The van der Waals surface area contributed by atoms with E-state index in [4.69, 9.17) is 9.79 Å². The third-order valence-corrected chi connectivity index (χ3v) is 4.07. The van der Waals surface area contributed by atoms with Crippen molar-refractivity contribution in [2.45, 2.75) is 19.3 Å². The van der Waals surface area contributed by atoms with Gasteiger partial charge in [0.15, 0.2) is 5.78 Å². The summed E-state index contributed by atoms with van der Waals surface area (Å²) in [4.78, 5) is 30.6. The molecule has 0 heterocycles. The van der Waals surface area contributed by atoms with E-state index in [9.17, 15) is 19.6 Å². The number of anilines is 1. The molecular formula is C16H18NO6P. The van der Waals surface area contributed by atoms with Crippen LogP contribution in [0.3, 0.4) is 0 Å². The molecule has 2 rings (SSSR count). The monoisotopic (exact) mass is 351 g/mol. The molecule has 2 aromatic carbocycles. The number of carbonyl (C=O) groups is 1. The molecule has 1 unspecified atom stereocenters. The highest BCUT2D eigenvalue weighted by molar-refractivity contribution is 7.53. The van der Waals surface area contributed by atoms with Crippen molar-refractivity contribution in [2.24, 2.45) is 0 Å². The lowest BCUT2D eigenvalue weighted by molar-refractivity contribution is 0.0974. The summed E-state index contributed by atoms with van der Waals surface area (Å²) in [6.07, 6.45) is 0.0260. The van der Waals surface area contributed by atoms with Crippen LogP contribution in [0.4, 0.5) is 5.69 Å². The summed E-state index contributed by atoms with van der Waals surface area (Å²) < 4.78 is 11.1. The van der Waals surface area contributed by atoms with E-state index in [0.717, 1.165) is 5.56 Å². The summed E-state index contributed by atoms with van der Waals surface area (Å²) in [6, 6.07) is 10.4. The zero-order chi connectivity index (χ0) is 17.9. The van der Waals surface area contributed by atoms with Crippen LogP contribution in [0.25, 0.3) is 0 Å². The minimum Gasteiger partial charge on any atom is -0.508 e. The normalized spacial score (nSPS) is 12.6. The van der Waals surface area contributed by atoms with E-state index >= 15 is 0 Å². The second-order valence-corrected chi connectivity index (χ2v) is 6.79. The predicted octanol–water partition coefficient (Wildman–Crippen LogP) is 2.98. The number of aromatic hydroxyl groups is 2. The number of hydrogen-bond acceptors (Lipinski definition) is 4. The lowest BCUT2D eigenvalue weighted by atomic mass is 9.92. The summed E-state index contributed by atoms with van der Waals surface area (Å²) in [6.45, 7) is 1.81. The van der Waals surface area contributed by atoms with E-state index in [2.05, 4.69) is 0 Å². The molecule has 0 aliphatic carbocycles. The number of rotatable bonds is 6. The number of carbonyl (C=O) groups excluding carboxylic acids is 1. The molecule has 1 atom stereocenters. The quantitative estimate of drug-likeness (QED) is 0.400. The molecule has 0 saturated carbocycles. The van der Waals surface area contributed by atoms with Crippen molar-refractivity contribution in [1.29, 1.82) is 0 Å². The van der Waals surface area contributed by atoms with E-state index in [0.29, 0.717) is 0 Å². The molecule has 0 amide bonds. The van der Waals surface area contributed by atoms with Crippen molar-refractivity contribution < 1.29 is 29.4 Å². The van der Waals surface area contributed by atoms with Gasteiger partial charge < -0.3 is 20.0 Å². The first-order chi connectivity index (χ1) is 11.2. The van der Waals surface area contributed by atoms with Gasteiger partial charge in [0.05, 0.1) is 11.3 Å². The first-order valence-corrected chi connectivity index (χ1v) is 8.76. The van der Waals surface area contributed by atoms with Crippen LogP contribution in [0.15, 0.2) is 42.5 Å². The maximum Gasteiger partial charge on any atom is 0.427 e. The van der Waals surface area contributed by atoms with Crippen molar-refractivity contribution in [2.75, 3.05) is 5.09 Å². The number of ketones is 1. The molecule has 24 heavy (non-hydrogen) atoms. The smallest absolute Gasteiger partial charge is 0.427 e. The van der Waals surface area contributed by atoms with Crippen molar-refractivity contribution >= 4 is 19.2 Å². The van der Waals surface area contributed by atoms with Gasteiger partial charge in [-0.3, -0.25) is 9.88 Å². The molecule has 8 heteroatoms. The Labute approximate surface area is 138 Å². The first-order valence-electron chi connectivity index (χ1n) is 7.15. The number of Topliss-reactive ketones (excluding diaryl/α,β-unsaturated/α-hetero) is 1. The van der Waals surface area contributed by atoms with Gasteiger partial charge in [-0.25, -0.2) is 4.57 Å².